The molecule has 0 aliphatic carbocycles. The molecular formula is C12H12ClFN2O5S. The van der Waals surface area contributed by atoms with Crippen LogP contribution in [0, 0.1) is 5.82 Å². The zero-order valence-electron chi connectivity index (χ0n) is 11.1. The number of hydrogen-bond acceptors (Lipinski definition) is 5. The van der Waals surface area contributed by atoms with Crippen LogP contribution in [0.25, 0.3) is 0 Å². The molecular weight excluding hydrogens is 339 g/mol. The van der Waals surface area contributed by atoms with E-state index in [1.807, 2.05) is 0 Å². The molecule has 1 aromatic carbocycles. The summed E-state index contributed by atoms with van der Waals surface area (Å²) in [7, 11) is -4.09. The molecule has 0 radical (unpaired) electrons. The van der Waals surface area contributed by atoms with Crippen molar-refractivity contribution in [2.24, 2.45) is 0 Å². The number of cyclic esters (lactones) is 1. The van der Waals surface area contributed by atoms with Gasteiger partial charge in [0.1, 0.15) is 12.4 Å². The van der Waals surface area contributed by atoms with Crippen LogP contribution >= 0.6 is 22.6 Å². The van der Waals surface area contributed by atoms with Crippen molar-refractivity contribution in [2.45, 2.75) is 0 Å². The van der Waals surface area contributed by atoms with E-state index in [1.54, 1.807) is 0 Å². The molecule has 0 saturated carbocycles. The van der Waals surface area contributed by atoms with E-state index >= 15 is 0 Å². The summed E-state index contributed by atoms with van der Waals surface area (Å²) in [6.45, 7) is 3.08. The second-order valence-electron chi connectivity index (χ2n) is 4.14. The number of hydrogen-bond donors (Lipinski definition) is 2. The number of amides is 2. The molecule has 10 heteroatoms. The molecule has 1 aliphatic heterocycles. The van der Waals surface area contributed by atoms with Crippen LogP contribution in [0.5, 0.6) is 0 Å². The summed E-state index contributed by atoms with van der Waals surface area (Å²) in [5.41, 5.74) is -0.173. The molecule has 2 amide bonds. The number of benzene rings is 1. The second kappa shape index (κ2) is 6.13. The molecule has 0 bridgehead atoms. The molecule has 0 aromatic heterocycles. The van der Waals surface area contributed by atoms with Crippen LogP contribution in [-0.2, 0) is 9.53 Å². The topological polar surface area (TPSA) is 90.3 Å². The molecule has 22 heavy (non-hydrogen) atoms. The Bertz CT molecular complexity index is 642. The van der Waals surface area contributed by atoms with E-state index in [4.69, 9.17) is 11.6 Å². The summed E-state index contributed by atoms with van der Waals surface area (Å²) < 4.78 is 39.6. The molecule has 2 rings (SSSR count). The van der Waals surface area contributed by atoms with Crippen molar-refractivity contribution in [1.82, 2.24) is 4.31 Å². The highest BCUT2D eigenvalue weighted by atomic mass is 35.5. The molecule has 2 N–H and O–H groups in total. The smallest absolute Gasteiger partial charge is 0.429 e. The van der Waals surface area contributed by atoms with Crippen molar-refractivity contribution in [1.29, 1.82) is 0 Å². The normalized spacial score (nSPS) is 15.5. The predicted octanol–water partition coefficient (Wildman–Crippen LogP) is 3.03. The minimum absolute atomic E-state index is 0.0536. The van der Waals surface area contributed by atoms with Gasteiger partial charge in [-0.3, -0.25) is 13.9 Å². The summed E-state index contributed by atoms with van der Waals surface area (Å²) >= 11 is 5.86. The van der Waals surface area contributed by atoms with Gasteiger partial charge in [-0.1, -0.05) is 18.2 Å². The van der Waals surface area contributed by atoms with E-state index in [9.17, 15) is 23.1 Å². The number of halogens is 2. The average molecular weight is 351 g/mol. The van der Waals surface area contributed by atoms with Crippen LogP contribution in [0.3, 0.4) is 0 Å². The maximum atomic E-state index is 13.1. The summed E-state index contributed by atoms with van der Waals surface area (Å²) in [6.07, 6.45) is -0.171. The second-order valence-corrected chi connectivity index (χ2v) is 6.33. The van der Waals surface area contributed by atoms with Crippen LogP contribution in [0.2, 0.25) is 5.02 Å². The van der Waals surface area contributed by atoms with Gasteiger partial charge in [0, 0.05) is 0 Å². The minimum atomic E-state index is -4.09. The third-order valence-corrected chi connectivity index (χ3v) is 4.86. The van der Waals surface area contributed by atoms with E-state index in [0.717, 1.165) is 24.3 Å². The third kappa shape index (κ3) is 2.88. The van der Waals surface area contributed by atoms with E-state index in [0.29, 0.717) is 8.61 Å². The van der Waals surface area contributed by atoms with Gasteiger partial charge in [-0.25, -0.2) is 9.18 Å². The minimum Gasteiger partial charge on any atom is -0.446 e. The molecule has 0 spiro atoms. The first-order valence-corrected chi connectivity index (χ1v) is 7.77. The van der Waals surface area contributed by atoms with Crippen LogP contribution < -0.4 is 4.31 Å². The van der Waals surface area contributed by atoms with Gasteiger partial charge in [-0.15, -0.1) is 0 Å². The van der Waals surface area contributed by atoms with Crippen molar-refractivity contribution in [2.75, 3.05) is 17.5 Å². The molecule has 1 heterocycles. The van der Waals surface area contributed by atoms with Crippen LogP contribution in [0.1, 0.15) is 0 Å². The third-order valence-electron chi connectivity index (χ3n) is 2.77. The lowest BCUT2D eigenvalue weighted by molar-refractivity contribution is -0.113. The van der Waals surface area contributed by atoms with E-state index < -0.39 is 28.8 Å². The fourth-order valence-corrected chi connectivity index (χ4v) is 3.61. The number of rotatable bonds is 4. The van der Waals surface area contributed by atoms with Gasteiger partial charge >= 0.3 is 6.09 Å². The fourth-order valence-electron chi connectivity index (χ4n) is 1.80. The maximum Gasteiger partial charge on any atom is 0.429 e. The van der Waals surface area contributed by atoms with Crippen LogP contribution in [0.4, 0.5) is 14.9 Å². The predicted molar refractivity (Wildman–Crippen MR) is 80.0 cm³/mol. The first-order chi connectivity index (χ1) is 10.3. The first kappa shape index (κ1) is 16.6. The zero-order valence-corrected chi connectivity index (χ0v) is 12.7. The number of carbonyl (C=O) groups excluding carboxylic acids is 2. The van der Waals surface area contributed by atoms with Crippen molar-refractivity contribution in [3.8, 4) is 0 Å². The highest BCUT2D eigenvalue weighted by molar-refractivity contribution is 8.24. The lowest BCUT2D eigenvalue weighted by Crippen LogP contribution is -2.43. The Morgan fingerprint density at radius 1 is 1.55 bits per heavy atom. The van der Waals surface area contributed by atoms with Gasteiger partial charge in [-0.05, 0) is 35.2 Å². The number of carbonyl (C=O) groups is 2. The molecule has 120 valence electrons. The Kier molecular flexibility index (Phi) is 4.61. The SMILES string of the molecule is C=CC(=O)N(c1ccc(F)cc1Cl)S(O)(O)N1CCOC1=O. The van der Waals surface area contributed by atoms with Crippen LogP contribution in [-0.4, -0.2) is 38.6 Å². The highest BCUT2D eigenvalue weighted by Gasteiger charge is 2.41. The molecule has 1 saturated heterocycles. The molecule has 0 unspecified atom stereocenters. The Hall–Kier alpha value is -1.81. The summed E-state index contributed by atoms with van der Waals surface area (Å²) in [5, 5.41) is -0.234. The van der Waals surface area contributed by atoms with Crippen molar-refractivity contribution in [3.05, 3.63) is 41.7 Å². The lowest BCUT2D eigenvalue weighted by Gasteiger charge is -2.45. The van der Waals surface area contributed by atoms with Gasteiger partial charge in [0.2, 0.25) is 0 Å². The van der Waals surface area contributed by atoms with E-state index in [2.05, 4.69) is 11.3 Å². The molecule has 7 nitrogen and oxygen atoms in total. The summed E-state index contributed by atoms with van der Waals surface area (Å²) in [4.78, 5) is 23.6. The van der Waals surface area contributed by atoms with Crippen LogP contribution in [0.15, 0.2) is 30.9 Å². The quantitative estimate of drug-likeness (QED) is 0.814. The Morgan fingerprint density at radius 3 is 2.73 bits per heavy atom. The highest BCUT2D eigenvalue weighted by Crippen LogP contribution is 2.52. The van der Waals surface area contributed by atoms with Gasteiger partial charge in [0.25, 0.3) is 5.91 Å². The molecule has 1 aromatic rings. The lowest BCUT2D eigenvalue weighted by atomic mass is 10.3. The standard InChI is InChI=1S/C12H12ClFN2O5S/c1-2-11(17)16(10-4-3-8(14)7-9(10)13)22(19,20)15-5-6-21-12(15)18/h2-4,7,19-20H,1,5-6H2. The fraction of sp³-hybridized carbons (Fsp3) is 0.167. The number of nitrogens with zero attached hydrogens (tertiary/aromatic N) is 2. The zero-order chi connectivity index (χ0) is 16.5. The van der Waals surface area contributed by atoms with Gasteiger partial charge in [0.05, 0.1) is 17.3 Å². The molecule has 0 atom stereocenters. The van der Waals surface area contributed by atoms with E-state index in [-0.39, 0.29) is 23.9 Å². The van der Waals surface area contributed by atoms with Crippen molar-refractivity contribution < 1.29 is 27.8 Å². The Labute approximate surface area is 132 Å². The van der Waals surface area contributed by atoms with Crippen molar-refractivity contribution >= 4 is 40.3 Å². The van der Waals surface area contributed by atoms with Gasteiger partial charge < -0.3 is 4.74 Å². The molecule has 1 fully saturated rings. The number of ether oxygens (including phenoxy) is 1. The average Bonchev–Trinajstić information content (AvgIpc) is 2.88. The Balaban J connectivity index is 2.52. The van der Waals surface area contributed by atoms with E-state index in [1.165, 1.54) is 0 Å². The maximum absolute atomic E-state index is 13.1. The largest absolute Gasteiger partial charge is 0.446 e. The summed E-state index contributed by atoms with van der Waals surface area (Å²) in [5.74, 6) is -1.59. The first-order valence-electron chi connectivity index (χ1n) is 5.93. The Morgan fingerprint density at radius 2 is 2.23 bits per heavy atom. The van der Waals surface area contributed by atoms with Crippen molar-refractivity contribution in [3.63, 3.8) is 0 Å². The van der Waals surface area contributed by atoms with Gasteiger partial charge in [-0.2, -0.15) is 8.61 Å². The van der Waals surface area contributed by atoms with Gasteiger partial charge in [0.15, 0.2) is 0 Å². The molecule has 1 aliphatic rings. The monoisotopic (exact) mass is 350 g/mol. The number of anilines is 1. The summed E-state index contributed by atoms with van der Waals surface area (Å²) in [6, 6.07) is 2.98.